The highest BCUT2D eigenvalue weighted by molar-refractivity contribution is 6.30. The van der Waals surface area contributed by atoms with Crippen LogP contribution in [0.25, 0.3) is 0 Å². The van der Waals surface area contributed by atoms with Crippen molar-refractivity contribution in [3.05, 3.63) is 34.9 Å². The summed E-state index contributed by atoms with van der Waals surface area (Å²) in [7, 11) is 0. The van der Waals surface area contributed by atoms with Gasteiger partial charge in [0.2, 0.25) is 0 Å². The van der Waals surface area contributed by atoms with E-state index in [1.807, 2.05) is 24.3 Å². The molecule has 0 N–H and O–H groups in total. The first-order chi connectivity index (χ1) is 5.77. The van der Waals surface area contributed by atoms with Gasteiger partial charge in [0.1, 0.15) is 0 Å². The van der Waals surface area contributed by atoms with Crippen LogP contribution < -0.4 is 0 Å². The highest BCUT2D eigenvalue weighted by Gasteiger charge is 2.07. The van der Waals surface area contributed by atoms with Gasteiger partial charge in [0, 0.05) is 22.7 Å². The molecule has 0 fully saturated rings. The molecule has 0 saturated heterocycles. The zero-order chi connectivity index (χ0) is 8.97. The molecule has 0 radical (unpaired) electrons. The van der Waals surface area contributed by atoms with E-state index in [2.05, 4.69) is 0 Å². The van der Waals surface area contributed by atoms with Gasteiger partial charge in [-0.15, -0.1) is 23.2 Å². The van der Waals surface area contributed by atoms with E-state index in [0.29, 0.717) is 11.8 Å². The number of benzene rings is 1. The van der Waals surface area contributed by atoms with Gasteiger partial charge in [-0.2, -0.15) is 0 Å². The summed E-state index contributed by atoms with van der Waals surface area (Å²) in [5.41, 5.74) is 1.14. The van der Waals surface area contributed by atoms with E-state index in [-0.39, 0.29) is 5.92 Å². The van der Waals surface area contributed by atoms with Crippen LogP contribution in [0.4, 0.5) is 0 Å². The van der Waals surface area contributed by atoms with Gasteiger partial charge in [-0.1, -0.05) is 23.7 Å². The Morgan fingerprint density at radius 1 is 1.00 bits per heavy atom. The maximum absolute atomic E-state index is 5.74. The van der Waals surface area contributed by atoms with Crippen molar-refractivity contribution in [2.75, 3.05) is 11.8 Å². The largest absolute Gasteiger partial charge is 0.126 e. The van der Waals surface area contributed by atoms with Crippen molar-refractivity contribution < 1.29 is 0 Å². The second-order valence-electron chi connectivity index (χ2n) is 2.56. The molecule has 12 heavy (non-hydrogen) atoms. The molecule has 0 aromatic heterocycles. The molecule has 0 unspecified atom stereocenters. The van der Waals surface area contributed by atoms with Crippen LogP contribution in [-0.4, -0.2) is 11.8 Å². The van der Waals surface area contributed by atoms with E-state index in [9.17, 15) is 0 Å². The van der Waals surface area contributed by atoms with Crippen LogP contribution in [-0.2, 0) is 0 Å². The summed E-state index contributed by atoms with van der Waals surface area (Å²) in [6, 6.07) is 7.61. The first-order valence-corrected chi connectivity index (χ1v) is 5.10. The quantitative estimate of drug-likeness (QED) is 0.682. The fourth-order valence-corrected chi connectivity index (χ4v) is 1.77. The van der Waals surface area contributed by atoms with Gasteiger partial charge in [-0.3, -0.25) is 0 Å². The Kier molecular flexibility index (Phi) is 4.20. The summed E-state index contributed by atoms with van der Waals surface area (Å²) in [6.45, 7) is 0. The van der Waals surface area contributed by atoms with Crippen molar-refractivity contribution in [2.24, 2.45) is 0 Å². The first-order valence-electron chi connectivity index (χ1n) is 3.65. The molecule has 0 bridgehead atoms. The van der Waals surface area contributed by atoms with Crippen LogP contribution in [0, 0.1) is 0 Å². The smallest absolute Gasteiger partial charge is 0.0406 e. The van der Waals surface area contributed by atoms with E-state index in [1.165, 1.54) is 0 Å². The lowest BCUT2D eigenvalue weighted by Crippen LogP contribution is -2.01. The Hall–Kier alpha value is 0.0900. The molecule has 0 spiro atoms. The predicted molar refractivity (Wildman–Crippen MR) is 55.6 cm³/mol. The summed E-state index contributed by atoms with van der Waals surface area (Å²) in [4.78, 5) is 0. The lowest BCUT2D eigenvalue weighted by Gasteiger charge is -2.09. The predicted octanol–water partition coefficient (Wildman–Crippen LogP) is 3.90. The topological polar surface area (TPSA) is 0 Å². The summed E-state index contributed by atoms with van der Waals surface area (Å²) in [5.74, 6) is 1.32. The average Bonchev–Trinajstić information content (AvgIpc) is 2.10. The van der Waals surface area contributed by atoms with Gasteiger partial charge in [0.25, 0.3) is 0 Å². The summed E-state index contributed by atoms with van der Waals surface area (Å²) < 4.78 is 0. The normalized spacial score (nSPS) is 10.7. The lowest BCUT2D eigenvalue weighted by atomic mass is 10.0. The lowest BCUT2D eigenvalue weighted by molar-refractivity contribution is 0.884. The molecule has 1 aromatic rings. The van der Waals surface area contributed by atoms with Crippen molar-refractivity contribution in [1.82, 2.24) is 0 Å². The van der Waals surface area contributed by atoms with Gasteiger partial charge < -0.3 is 0 Å². The zero-order valence-corrected chi connectivity index (χ0v) is 8.70. The second kappa shape index (κ2) is 4.96. The van der Waals surface area contributed by atoms with Crippen LogP contribution in [0.15, 0.2) is 24.3 Å². The zero-order valence-electron chi connectivity index (χ0n) is 6.43. The Labute approximate surface area is 87.4 Å². The molecule has 0 amide bonds. The minimum Gasteiger partial charge on any atom is -0.126 e. The SMILES string of the molecule is ClCC(CCl)c1ccc(Cl)cc1. The van der Waals surface area contributed by atoms with Crippen LogP contribution in [0.5, 0.6) is 0 Å². The Bertz CT molecular complexity index is 226. The van der Waals surface area contributed by atoms with Gasteiger partial charge >= 0.3 is 0 Å². The highest BCUT2D eigenvalue weighted by Crippen LogP contribution is 2.20. The number of hydrogen-bond acceptors (Lipinski definition) is 0. The summed E-state index contributed by atoms with van der Waals surface area (Å²) in [6.07, 6.45) is 0. The van der Waals surface area contributed by atoms with E-state index in [4.69, 9.17) is 34.8 Å². The molecule has 66 valence electrons. The minimum absolute atomic E-state index is 0.227. The summed E-state index contributed by atoms with van der Waals surface area (Å²) in [5, 5.41) is 0.738. The molecule has 1 aromatic carbocycles. The number of hydrogen-bond donors (Lipinski definition) is 0. The number of rotatable bonds is 3. The monoisotopic (exact) mass is 222 g/mol. The summed E-state index contributed by atoms with van der Waals surface area (Å²) >= 11 is 17.2. The molecule has 0 aliphatic rings. The molecule has 3 heteroatoms. The Morgan fingerprint density at radius 3 is 1.92 bits per heavy atom. The third-order valence-corrected chi connectivity index (χ3v) is 2.71. The number of alkyl halides is 2. The second-order valence-corrected chi connectivity index (χ2v) is 3.61. The molecule has 0 nitrogen and oxygen atoms in total. The van der Waals surface area contributed by atoms with Crippen LogP contribution in [0.3, 0.4) is 0 Å². The number of halogens is 3. The first kappa shape index (κ1) is 10.2. The van der Waals surface area contributed by atoms with Gasteiger partial charge in [0.15, 0.2) is 0 Å². The van der Waals surface area contributed by atoms with Crippen LogP contribution in [0.1, 0.15) is 11.5 Å². The molecule has 1 rings (SSSR count). The third kappa shape index (κ3) is 2.55. The Balaban J connectivity index is 2.80. The van der Waals surface area contributed by atoms with Gasteiger partial charge in [-0.05, 0) is 17.7 Å². The third-order valence-electron chi connectivity index (χ3n) is 1.71. The van der Waals surface area contributed by atoms with E-state index in [1.54, 1.807) is 0 Å². The van der Waals surface area contributed by atoms with Gasteiger partial charge in [-0.25, -0.2) is 0 Å². The molecular weight excluding hydrogens is 214 g/mol. The van der Waals surface area contributed by atoms with E-state index >= 15 is 0 Å². The van der Waals surface area contributed by atoms with E-state index < -0.39 is 0 Å². The van der Waals surface area contributed by atoms with Crippen molar-refractivity contribution in [3.63, 3.8) is 0 Å². The van der Waals surface area contributed by atoms with Crippen molar-refractivity contribution in [3.8, 4) is 0 Å². The van der Waals surface area contributed by atoms with Crippen molar-refractivity contribution in [2.45, 2.75) is 5.92 Å². The maximum atomic E-state index is 5.74. The molecule has 0 aliphatic heterocycles. The van der Waals surface area contributed by atoms with Crippen molar-refractivity contribution >= 4 is 34.8 Å². The average molecular weight is 224 g/mol. The molecule has 0 saturated carbocycles. The minimum atomic E-state index is 0.227. The molecule has 0 heterocycles. The molecule has 0 atom stereocenters. The van der Waals surface area contributed by atoms with Gasteiger partial charge in [0.05, 0.1) is 0 Å². The van der Waals surface area contributed by atoms with E-state index in [0.717, 1.165) is 10.6 Å². The highest BCUT2D eigenvalue weighted by atomic mass is 35.5. The van der Waals surface area contributed by atoms with Crippen molar-refractivity contribution in [1.29, 1.82) is 0 Å². The standard InChI is InChI=1S/C9H9Cl3/c10-5-8(6-11)7-1-3-9(12)4-2-7/h1-4,8H,5-6H2. The fraction of sp³-hybridized carbons (Fsp3) is 0.333. The Morgan fingerprint density at radius 2 is 1.50 bits per heavy atom. The van der Waals surface area contributed by atoms with Crippen LogP contribution >= 0.6 is 34.8 Å². The van der Waals surface area contributed by atoms with Crippen LogP contribution in [0.2, 0.25) is 5.02 Å². The fourth-order valence-electron chi connectivity index (χ4n) is 0.954. The molecular formula is C9H9Cl3. The maximum Gasteiger partial charge on any atom is 0.0406 e. The molecule has 0 aliphatic carbocycles.